The maximum atomic E-state index is 12.2. The topological polar surface area (TPSA) is 115 Å². The Hall–Kier alpha value is -3.43. The molecule has 1 amide bonds. The van der Waals surface area contributed by atoms with E-state index in [4.69, 9.17) is 9.47 Å². The van der Waals surface area contributed by atoms with Crippen LogP contribution in [0.2, 0.25) is 0 Å². The number of benzene rings is 2. The van der Waals surface area contributed by atoms with Gasteiger partial charge in [0, 0.05) is 23.7 Å². The molecule has 8 nitrogen and oxygen atoms in total. The van der Waals surface area contributed by atoms with Gasteiger partial charge in [0.05, 0.1) is 18.6 Å². The van der Waals surface area contributed by atoms with Gasteiger partial charge in [0.15, 0.2) is 0 Å². The molecule has 2 aromatic carbocycles. The summed E-state index contributed by atoms with van der Waals surface area (Å²) in [6.07, 6.45) is 2.03. The molecule has 2 heterocycles. The second-order valence-corrected chi connectivity index (χ2v) is 12.4. The minimum absolute atomic E-state index is 0.0659. The van der Waals surface area contributed by atoms with Crippen molar-refractivity contribution in [3.63, 3.8) is 0 Å². The van der Waals surface area contributed by atoms with Crippen LogP contribution < -0.4 is 14.2 Å². The van der Waals surface area contributed by atoms with Crippen molar-refractivity contribution in [2.24, 2.45) is 0 Å². The Morgan fingerprint density at radius 2 is 1.84 bits per heavy atom. The van der Waals surface area contributed by atoms with Gasteiger partial charge in [0.25, 0.3) is 0 Å². The predicted octanol–water partition coefficient (Wildman–Crippen LogP) is 4.55. The van der Waals surface area contributed by atoms with Crippen LogP contribution in [0.1, 0.15) is 66.8 Å². The van der Waals surface area contributed by atoms with Gasteiger partial charge in [0.1, 0.15) is 17.1 Å². The Labute approximate surface area is 223 Å². The molecule has 3 aromatic rings. The Morgan fingerprint density at radius 1 is 1.08 bits per heavy atom. The van der Waals surface area contributed by atoms with Crippen LogP contribution in [0, 0.1) is 6.92 Å². The minimum atomic E-state index is -3.68. The number of fused-ring (bicyclic) bond motifs is 1. The molecule has 5 rings (SSSR count). The molecular weight excluding hydrogens is 504 g/mol. The third-order valence-electron chi connectivity index (χ3n) is 7.06. The third kappa shape index (κ3) is 5.54. The molecule has 2 N–H and O–H groups in total. The Kier molecular flexibility index (Phi) is 6.92. The molecule has 1 saturated heterocycles. The average molecular weight is 537 g/mol. The number of carbonyl (C=O) groups is 1. The van der Waals surface area contributed by atoms with E-state index in [1.807, 2.05) is 29.8 Å². The van der Waals surface area contributed by atoms with Crippen LogP contribution in [0.3, 0.4) is 0 Å². The largest absolute Gasteiger partial charge is 0.486 e. The van der Waals surface area contributed by atoms with E-state index in [9.17, 15) is 18.3 Å². The smallest absolute Gasteiger partial charge is 0.242 e. The highest BCUT2D eigenvalue weighted by molar-refractivity contribution is 7.90. The Morgan fingerprint density at radius 3 is 2.50 bits per heavy atom. The van der Waals surface area contributed by atoms with Crippen molar-refractivity contribution in [3.8, 4) is 22.8 Å². The van der Waals surface area contributed by atoms with Crippen molar-refractivity contribution >= 4 is 15.9 Å². The zero-order valence-corrected chi connectivity index (χ0v) is 22.5. The number of rotatable bonds is 8. The molecule has 0 bridgehead atoms. The van der Waals surface area contributed by atoms with Gasteiger partial charge in [-0.25, -0.2) is 13.4 Å². The fourth-order valence-corrected chi connectivity index (χ4v) is 6.50. The predicted molar refractivity (Wildman–Crippen MR) is 143 cm³/mol. The minimum Gasteiger partial charge on any atom is -0.486 e. The van der Waals surface area contributed by atoms with Crippen LogP contribution in [0.25, 0.3) is 11.1 Å². The molecule has 2 aliphatic rings. The third-order valence-corrected chi connectivity index (χ3v) is 8.76. The van der Waals surface area contributed by atoms with E-state index in [2.05, 4.69) is 17.1 Å². The number of sulfonamides is 1. The lowest BCUT2D eigenvalue weighted by molar-refractivity contribution is -0.118. The van der Waals surface area contributed by atoms with Gasteiger partial charge in [-0.05, 0) is 74.1 Å². The number of aromatic nitrogens is 1. The number of hydrogen-bond acceptors (Lipinski definition) is 7. The van der Waals surface area contributed by atoms with Crippen LogP contribution in [0.4, 0.5) is 0 Å². The summed E-state index contributed by atoms with van der Waals surface area (Å²) in [6, 6.07) is 17.1. The number of aliphatic hydroxyl groups is 1. The van der Waals surface area contributed by atoms with Crippen LogP contribution in [0.5, 0.6) is 11.6 Å². The summed E-state index contributed by atoms with van der Waals surface area (Å²) >= 11 is 0. The molecule has 1 aromatic heterocycles. The van der Waals surface area contributed by atoms with E-state index < -0.39 is 26.8 Å². The van der Waals surface area contributed by atoms with Crippen LogP contribution >= 0.6 is 0 Å². The van der Waals surface area contributed by atoms with E-state index in [1.54, 1.807) is 38.1 Å². The summed E-state index contributed by atoms with van der Waals surface area (Å²) < 4.78 is 38.4. The van der Waals surface area contributed by atoms with Crippen molar-refractivity contribution in [1.29, 1.82) is 0 Å². The van der Waals surface area contributed by atoms with Gasteiger partial charge in [-0.3, -0.25) is 9.52 Å². The first-order chi connectivity index (χ1) is 18.0. The average Bonchev–Trinajstić information content (AvgIpc) is 3.38. The molecule has 0 saturated carbocycles. The van der Waals surface area contributed by atoms with Gasteiger partial charge in [-0.1, -0.05) is 30.3 Å². The van der Waals surface area contributed by atoms with Crippen molar-refractivity contribution in [3.05, 3.63) is 77.0 Å². The molecule has 200 valence electrons. The van der Waals surface area contributed by atoms with Crippen molar-refractivity contribution in [2.45, 2.75) is 63.4 Å². The fraction of sp³-hybridized carbons (Fsp3) is 0.379. The number of amides is 1. The lowest BCUT2D eigenvalue weighted by Crippen LogP contribution is -2.22. The molecular formula is C29H32N2O6S. The Balaban J connectivity index is 1.31. The second-order valence-electron chi connectivity index (χ2n) is 10.5. The highest BCUT2D eigenvalue weighted by Gasteiger charge is 2.37. The monoisotopic (exact) mass is 536 g/mol. The maximum Gasteiger partial charge on any atom is 0.242 e. The first-order valence-electron chi connectivity index (χ1n) is 12.8. The van der Waals surface area contributed by atoms with Gasteiger partial charge in [-0.15, -0.1) is 0 Å². The van der Waals surface area contributed by atoms with E-state index in [0.29, 0.717) is 30.2 Å². The summed E-state index contributed by atoms with van der Waals surface area (Å²) in [6.45, 7) is 5.87. The summed E-state index contributed by atoms with van der Waals surface area (Å²) in [4.78, 5) is 16.2. The molecule has 0 radical (unpaired) electrons. The van der Waals surface area contributed by atoms with E-state index in [-0.39, 0.29) is 12.5 Å². The van der Waals surface area contributed by atoms with Gasteiger partial charge >= 0.3 is 0 Å². The number of nitrogens with one attached hydrogen (secondary N) is 1. The Bertz CT molecular complexity index is 1460. The van der Waals surface area contributed by atoms with E-state index >= 15 is 0 Å². The fourth-order valence-electron chi connectivity index (χ4n) is 5.07. The highest BCUT2D eigenvalue weighted by atomic mass is 32.2. The van der Waals surface area contributed by atoms with Crippen LogP contribution in [0.15, 0.2) is 54.6 Å². The van der Waals surface area contributed by atoms with Gasteiger partial charge in [-0.2, -0.15) is 0 Å². The molecule has 2 atom stereocenters. The van der Waals surface area contributed by atoms with Gasteiger partial charge in [0.2, 0.25) is 21.8 Å². The molecule has 1 aliphatic heterocycles. The summed E-state index contributed by atoms with van der Waals surface area (Å²) in [5.74, 6) is 0.711. The molecule has 38 heavy (non-hydrogen) atoms. The number of hydrogen-bond donors (Lipinski definition) is 2. The zero-order chi connectivity index (χ0) is 27.1. The highest BCUT2D eigenvalue weighted by Crippen LogP contribution is 2.41. The molecule has 0 spiro atoms. The summed E-state index contributed by atoms with van der Waals surface area (Å²) in [5, 5.41) is 9.02. The number of nitrogens with zero attached hydrogens (tertiary/aromatic N) is 1. The van der Waals surface area contributed by atoms with Crippen molar-refractivity contribution < 1.29 is 27.8 Å². The molecule has 1 aliphatic carbocycles. The number of ether oxygens (including phenoxy) is 2. The summed E-state index contributed by atoms with van der Waals surface area (Å²) in [7, 11) is -3.68. The number of aryl methyl sites for hydroxylation is 1. The lowest BCUT2D eigenvalue weighted by atomic mass is 9.96. The standard InChI is InChI=1S/C29H32N2O6S/c1-18-21(12-14-28(30-18)36-16-15-29(2,3)33)22-5-4-6-24-23(22)11-13-25(24)37-20-9-7-19(8-10-20)26-17-27(32)31-38(26,34)35/h4-10,12,14,25-26,33H,11,13,15-17H2,1-3H3,(H,31,32)/t25-,26?/m1/s1. The molecule has 9 heteroatoms. The maximum absolute atomic E-state index is 12.2. The molecule has 1 fully saturated rings. The first-order valence-corrected chi connectivity index (χ1v) is 14.3. The zero-order valence-electron chi connectivity index (χ0n) is 21.7. The SMILES string of the molecule is Cc1nc(OCCC(C)(C)O)ccc1-c1cccc2c1CC[C@H]2Oc1ccc(C2CC(=O)NS2(=O)=O)cc1. The van der Waals surface area contributed by atoms with Crippen molar-refractivity contribution in [1.82, 2.24) is 9.71 Å². The van der Waals surface area contributed by atoms with Crippen LogP contribution in [-0.2, 0) is 21.2 Å². The number of carbonyl (C=O) groups excluding carboxylic acids is 1. The first kappa shape index (κ1) is 26.2. The molecule has 1 unspecified atom stereocenters. The van der Waals surface area contributed by atoms with Crippen LogP contribution in [-0.4, -0.2) is 36.6 Å². The van der Waals surface area contributed by atoms with Gasteiger partial charge < -0.3 is 14.6 Å². The normalized spacial score (nSPS) is 20.2. The quantitative estimate of drug-likeness (QED) is 0.434. The second kappa shape index (κ2) is 10.0. The van der Waals surface area contributed by atoms with Crippen molar-refractivity contribution in [2.75, 3.05) is 6.61 Å². The summed E-state index contributed by atoms with van der Waals surface area (Å²) in [5.41, 5.74) is 5.19. The van der Waals surface area contributed by atoms with E-state index in [1.165, 1.54) is 5.56 Å². The lowest BCUT2D eigenvalue weighted by Gasteiger charge is -2.18. The number of pyridine rings is 1. The van der Waals surface area contributed by atoms with E-state index in [0.717, 1.165) is 35.2 Å².